The molecule has 116 valence electrons. The second kappa shape index (κ2) is 7.42. The lowest BCUT2D eigenvalue weighted by Gasteiger charge is -2.23. The van der Waals surface area contributed by atoms with Gasteiger partial charge in [-0.25, -0.2) is 0 Å². The summed E-state index contributed by atoms with van der Waals surface area (Å²) in [6.45, 7) is 2.24. The van der Waals surface area contributed by atoms with Crippen molar-refractivity contribution in [2.24, 2.45) is 0 Å². The van der Waals surface area contributed by atoms with Gasteiger partial charge in [0.15, 0.2) is 0 Å². The number of carbonyl (C=O) groups excluding carboxylic acids is 1. The Labute approximate surface area is 137 Å². The molecular formula is C17H17BrO4. The van der Waals surface area contributed by atoms with Crippen LogP contribution in [0.25, 0.3) is 0 Å². The number of hydrogen-bond donors (Lipinski definition) is 1. The Morgan fingerprint density at radius 1 is 1.09 bits per heavy atom. The van der Waals surface area contributed by atoms with E-state index in [0.29, 0.717) is 18.6 Å². The molecule has 0 heterocycles. The minimum Gasteiger partial charge on any atom is -0.468 e. The van der Waals surface area contributed by atoms with E-state index < -0.39 is 5.60 Å². The predicted octanol–water partition coefficient (Wildman–Crippen LogP) is 4.01. The molecule has 0 spiro atoms. The van der Waals surface area contributed by atoms with E-state index in [-0.39, 0.29) is 6.61 Å². The van der Waals surface area contributed by atoms with Crippen molar-refractivity contribution in [1.29, 1.82) is 0 Å². The summed E-state index contributed by atoms with van der Waals surface area (Å²) in [5, 5.41) is 10.4. The van der Waals surface area contributed by atoms with Crippen molar-refractivity contribution >= 4 is 22.4 Å². The molecule has 0 aliphatic carbocycles. The van der Waals surface area contributed by atoms with Gasteiger partial charge in [-0.05, 0) is 48.9 Å². The van der Waals surface area contributed by atoms with E-state index in [9.17, 15) is 9.90 Å². The fourth-order valence-corrected chi connectivity index (χ4v) is 2.24. The molecule has 22 heavy (non-hydrogen) atoms. The minimum absolute atomic E-state index is 0.174. The zero-order valence-electron chi connectivity index (χ0n) is 12.2. The molecule has 4 nitrogen and oxygen atoms in total. The number of halogens is 1. The zero-order valence-corrected chi connectivity index (χ0v) is 13.7. The highest BCUT2D eigenvalue weighted by Gasteiger charge is 2.22. The number of benzene rings is 2. The van der Waals surface area contributed by atoms with Crippen LogP contribution in [0.2, 0.25) is 0 Å². The molecule has 0 aliphatic heterocycles. The number of carbonyl (C=O) groups is 1. The van der Waals surface area contributed by atoms with Gasteiger partial charge in [-0.1, -0.05) is 28.1 Å². The molecule has 0 aromatic heterocycles. The summed E-state index contributed by atoms with van der Waals surface area (Å²) in [7, 11) is 0. The molecular weight excluding hydrogens is 348 g/mol. The highest BCUT2D eigenvalue weighted by atomic mass is 79.9. The monoisotopic (exact) mass is 364 g/mol. The molecule has 0 radical (unpaired) electrons. The molecule has 0 saturated carbocycles. The highest BCUT2D eigenvalue weighted by molar-refractivity contribution is 9.10. The Bertz CT molecular complexity index is 606. The number of hydrogen-bond acceptors (Lipinski definition) is 4. The molecule has 1 atom stereocenters. The molecule has 0 saturated heterocycles. The van der Waals surface area contributed by atoms with Crippen LogP contribution in [0.4, 0.5) is 0 Å². The molecule has 0 amide bonds. The van der Waals surface area contributed by atoms with Crippen molar-refractivity contribution < 1.29 is 19.4 Å². The molecule has 0 fully saturated rings. The molecule has 1 N–H and O–H groups in total. The largest absolute Gasteiger partial charge is 0.468 e. The van der Waals surface area contributed by atoms with Crippen LogP contribution in [0.3, 0.4) is 0 Å². The van der Waals surface area contributed by atoms with E-state index >= 15 is 0 Å². The van der Waals surface area contributed by atoms with Crippen molar-refractivity contribution in [2.75, 3.05) is 6.61 Å². The Morgan fingerprint density at radius 2 is 1.64 bits per heavy atom. The van der Waals surface area contributed by atoms with Crippen LogP contribution in [0.15, 0.2) is 53.0 Å². The fourth-order valence-electron chi connectivity index (χ4n) is 1.97. The second-order valence-electron chi connectivity index (χ2n) is 5.07. The normalized spacial score (nSPS) is 13.2. The zero-order chi connectivity index (χ0) is 16.0. The number of rotatable bonds is 7. The van der Waals surface area contributed by atoms with Crippen molar-refractivity contribution in [2.45, 2.75) is 18.9 Å². The third-order valence-electron chi connectivity index (χ3n) is 3.30. The van der Waals surface area contributed by atoms with E-state index in [0.717, 1.165) is 15.8 Å². The Morgan fingerprint density at radius 3 is 2.18 bits per heavy atom. The van der Waals surface area contributed by atoms with Crippen LogP contribution in [0, 0.1) is 0 Å². The summed E-state index contributed by atoms with van der Waals surface area (Å²) in [6, 6.07) is 14.7. The maximum Gasteiger partial charge on any atom is 0.293 e. The Balaban J connectivity index is 2.03. The lowest BCUT2D eigenvalue weighted by molar-refractivity contribution is -0.130. The third kappa shape index (κ3) is 4.58. The Hall–Kier alpha value is -1.85. The first kappa shape index (κ1) is 16.5. The molecule has 5 heteroatoms. The smallest absolute Gasteiger partial charge is 0.293 e. The van der Waals surface area contributed by atoms with Gasteiger partial charge in [0.1, 0.15) is 11.5 Å². The van der Waals surface area contributed by atoms with Gasteiger partial charge in [-0.3, -0.25) is 4.79 Å². The molecule has 2 rings (SSSR count). The molecule has 2 aromatic carbocycles. The maximum atomic E-state index is 10.4. The second-order valence-corrected chi connectivity index (χ2v) is 5.99. The van der Waals surface area contributed by atoms with Gasteiger partial charge >= 0.3 is 0 Å². The number of aliphatic hydroxyl groups is 1. The van der Waals surface area contributed by atoms with Crippen LogP contribution in [-0.4, -0.2) is 18.2 Å². The fraction of sp³-hybridized carbons (Fsp3) is 0.235. The van der Waals surface area contributed by atoms with E-state index in [1.165, 1.54) is 0 Å². The summed E-state index contributed by atoms with van der Waals surface area (Å²) in [5.41, 5.74) is -0.316. The summed E-state index contributed by atoms with van der Waals surface area (Å²) < 4.78 is 11.3. The lowest BCUT2D eigenvalue weighted by atomic mass is 9.93. The molecule has 1 unspecified atom stereocenters. The summed E-state index contributed by atoms with van der Waals surface area (Å²) in [4.78, 5) is 10.1. The van der Waals surface area contributed by atoms with E-state index in [1.807, 2.05) is 24.3 Å². The van der Waals surface area contributed by atoms with Crippen LogP contribution in [0.5, 0.6) is 11.5 Å². The van der Waals surface area contributed by atoms with E-state index in [2.05, 4.69) is 20.7 Å². The van der Waals surface area contributed by atoms with Crippen molar-refractivity contribution in [3.63, 3.8) is 0 Å². The first-order chi connectivity index (χ1) is 10.5. The van der Waals surface area contributed by atoms with Gasteiger partial charge in [0.25, 0.3) is 6.47 Å². The summed E-state index contributed by atoms with van der Waals surface area (Å²) >= 11 is 3.37. The minimum atomic E-state index is -1.06. The van der Waals surface area contributed by atoms with Gasteiger partial charge in [0.05, 0.1) is 12.2 Å². The first-order valence-electron chi connectivity index (χ1n) is 6.83. The molecule has 2 aromatic rings. The van der Waals surface area contributed by atoms with Gasteiger partial charge in [-0.2, -0.15) is 0 Å². The first-order valence-corrected chi connectivity index (χ1v) is 7.62. The quantitative estimate of drug-likeness (QED) is 0.595. The maximum absolute atomic E-state index is 10.4. The summed E-state index contributed by atoms with van der Waals surface area (Å²) in [6.07, 6.45) is 0.332. The van der Waals surface area contributed by atoms with Crippen molar-refractivity contribution in [1.82, 2.24) is 0 Å². The van der Waals surface area contributed by atoms with Crippen LogP contribution in [0.1, 0.15) is 18.9 Å². The van der Waals surface area contributed by atoms with Gasteiger partial charge in [0, 0.05) is 10.9 Å². The van der Waals surface area contributed by atoms with Crippen LogP contribution in [-0.2, 0) is 15.1 Å². The highest BCUT2D eigenvalue weighted by Crippen LogP contribution is 2.28. The number of ether oxygens (including phenoxy) is 2. The summed E-state index contributed by atoms with van der Waals surface area (Å²) in [5.74, 6) is 1.42. The van der Waals surface area contributed by atoms with Crippen LogP contribution >= 0.6 is 15.9 Å². The Kier molecular flexibility index (Phi) is 5.57. The van der Waals surface area contributed by atoms with Gasteiger partial charge < -0.3 is 14.6 Å². The van der Waals surface area contributed by atoms with Gasteiger partial charge in [-0.15, -0.1) is 0 Å². The van der Waals surface area contributed by atoms with E-state index in [4.69, 9.17) is 4.74 Å². The standard InChI is InChI=1S/C17H17BrO4/c1-17(20,10-11-21-12-19)13-2-6-15(7-3-13)22-16-8-4-14(18)5-9-16/h2-9,12,20H,10-11H2,1H3. The molecule has 0 aliphatic rings. The predicted molar refractivity (Wildman–Crippen MR) is 86.9 cm³/mol. The van der Waals surface area contributed by atoms with Crippen molar-refractivity contribution in [3.05, 3.63) is 58.6 Å². The van der Waals surface area contributed by atoms with Crippen molar-refractivity contribution in [3.8, 4) is 11.5 Å². The molecule has 0 bridgehead atoms. The lowest BCUT2D eigenvalue weighted by Crippen LogP contribution is -2.23. The average Bonchev–Trinajstić information content (AvgIpc) is 2.50. The third-order valence-corrected chi connectivity index (χ3v) is 3.83. The van der Waals surface area contributed by atoms with Crippen LogP contribution < -0.4 is 4.74 Å². The SMILES string of the molecule is CC(O)(CCOC=O)c1ccc(Oc2ccc(Br)cc2)cc1. The average molecular weight is 365 g/mol. The van der Waals surface area contributed by atoms with E-state index in [1.54, 1.807) is 31.2 Å². The topological polar surface area (TPSA) is 55.8 Å². The van der Waals surface area contributed by atoms with Gasteiger partial charge in [0.2, 0.25) is 0 Å².